The molecule has 3 nitrogen and oxygen atoms in total. The van der Waals surface area contributed by atoms with Gasteiger partial charge in [-0.2, -0.15) is 0 Å². The highest BCUT2D eigenvalue weighted by molar-refractivity contribution is 5.73. The molecular formula is C17H24N2O. The molecule has 3 heteroatoms. The number of hydrogen-bond acceptors (Lipinski definition) is 2. The molecule has 0 aliphatic carbocycles. The number of likely N-dealkylation sites (tertiary alicyclic amines) is 2. The lowest BCUT2D eigenvalue weighted by Crippen LogP contribution is -2.45. The average molecular weight is 272 g/mol. The Kier molecular flexibility index (Phi) is 3.79. The normalized spacial score (nSPS) is 30.9. The summed E-state index contributed by atoms with van der Waals surface area (Å²) in [6.07, 6.45) is 4.67. The van der Waals surface area contributed by atoms with E-state index in [0.717, 1.165) is 19.4 Å². The van der Waals surface area contributed by atoms with Gasteiger partial charge in [0.1, 0.15) is 0 Å². The standard InChI is InChI=1S/C17H24N2O/c1-13(20)19-11-7-6-10-15-17(19)12-16(18(15)2)14-8-4-3-5-9-14/h3-5,8-9,15-17H,6-7,10-12H2,1-2H3/t15-,16-,17+/m0/s1. The molecule has 2 fully saturated rings. The van der Waals surface area contributed by atoms with Gasteiger partial charge >= 0.3 is 0 Å². The zero-order valence-electron chi connectivity index (χ0n) is 12.5. The molecule has 2 heterocycles. The van der Waals surface area contributed by atoms with E-state index < -0.39 is 0 Å². The molecule has 2 aliphatic heterocycles. The van der Waals surface area contributed by atoms with Gasteiger partial charge in [0.2, 0.25) is 5.91 Å². The van der Waals surface area contributed by atoms with E-state index in [1.54, 1.807) is 6.92 Å². The van der Waals surface area contributed by atoms with Crippen LogP contribution in [-0.2, 0) is 4.79 Å². The number of nitrogens with zero attached hydrogens (tertiary/aromatic N) is 2. The maximum absolute atomic E-state index is 12.0. The van der Waals surface area contributed by atoms with Crippen molar-refractivity contribution in [2.24, 2.45) is 0 Å². The Morgan fingerprint density at radius 3 is 2.60 bits per heavy atom. The number of fused-ring (bicyclic) bond motifs is 1. The monoisotopic (exact) mass is 272 g/mol. The average Bonchev–Trinajstić information content (AvgIpc) is 2.65. The fraction of sp³-hybridized carbons (Fsp3) is 0.588. The first-order chi connectivity index (χ1) is 9.68. The second kappa shape index (κ2) is 5.57. The molecule has 108 valence electrons. The van der Waals surface area contributed by atoms with E-state index in [0.29, 0.717) is 18.1 Å². The summed E-state index contributed by atoms with van der Waals surface area (Å²) in [7, 11) is 2.23. The van der Waals surface area contributed by atoms with Crippen LogP contribution in [0.25, 0.3) is 0 Å². The molecule has 0 bridgehead atoms. The largest absolute Gasteiger partial charge is 0.338 e. The number of carbonyl (C=O) groups excluding carboxylic acids is 1. The molecule has 2 aliphatic rings. The second-order valence-corrected chi connectivity index (χ2v) is 6.17. The number of rotatable bonds is 1. The molecule has 0 aromatic heterocycles. The summed E-state index contributed by atoms with van der Waals surface area (Å²) in [6.45, 7) is 2.66. The Labute approximate surface area is 121 Å². The molecule has 3 rings (SSSR count). The van der Waals surface area contributed by atoms with Gasteiger partial charge in [-0.05, 0) is 31.9 Å². The number of hydrogen-bond donors (Lipinski definition) is 0. The van der Waals surface area contributed by atoms with Crippen LogP contribution in [0.3, 0.4) is 0 Å². The third-order valence-electron chi connectivity index (χ3n) is 5.06. The van der Waals surface area contributed by atoms with Gasteiger partial charge in [0.15, 0.2) is 0 Å². The first-order valence-electron chi connectivity index (χ1n) is 7.72. The van der Waals surface area contributed by atoms with Gasteiger partial charge in [-0.3, -0.25) is 9.69 Å². The van der Waals surface area contributed by atoms with Crippen molar-refractivity contribution in [3.05, 3.63) is 35.9 Å². The third-order valence-corrected chi connectivity index (χ3v) is 5.06. The minimum atomic E-state index is 0.240. The molecule has 1 aromatic rings. The zero-order chi connectivity index (χ0) is 14.1. The van der Waals surface area contributed by atoms with Crippen molar-refractivity contribution in [3.8, 4) is 0 Å². The minimum absolute atomic E-state index is 0.240. The van der Waals surface area contributed by atoms with E-state index in [1.165, 1.54) is 18.4 Å². The summed E-state index contributed by atoms with van der Waals surface area (Å²) in [5.74, 6) is 0.240. The summed E-state index contributed by atoms with van der Waals surface area (Å²) in [4.78, 5) is 16.6. The maximum Gasteiger partial charge on any atom is 0.219 e. The van der Waals surface area contributed by atoms with E-state index >= 15 is 0 Å². The van der Waals surface area contributed by atoms with Crippen LogP contribution in [0.4, 0.5) is 0 Å². The van der Waals surface area contributed by atoms with Crippen LogP contribution in [0.2, 0.25) is 0 Å². The van der Waals surface area contributed by atoms with Gasteiger partial charge in [-0.25, -0.2) is 0 Å². The molecule has 20 heavy (non-hydrogen) atoms. The van der Waals surface area contributed by atoms with Crippen LogP contribution in [-0.4, -0.2) is 41.4 Å². The third kappa shape index (κ3) is 2.35. The fourth-order valence-corrected chi connectivity index (χ4v) is 4.02. The highest BCUT2D eigenvalue weighted by atomic mass is 16.2. The molecule has 0 N–H and O–H groups in total. The maximum atomic E-state index is 12.0. The van der Waals surface area contributed by atoms with Crippen LogP contribution in [0.15, 0.2) is 30.3 Å². The molecule has 0 radical (unpaired) electrons. The van der Waals surface area contributed by atoms with Gasteiger partial charge < -0.3 is 4.90 Å². The van der Waals surface area contributed by atoms with Gasteiger partial charge in [-0.15, -0.1) is 0 Å². The second-order valence-electron chi connectivity index (χ2n) is 6.17. The van der Waals surface area contributed by atoms with Crippen molar-refractivity contribution < 1.29 is 4.79 Å². The quantitative estimate of drug-likeness (QED) is 0.785. The van der Waals surface area contributed by atoms with Crippen LogP contribution < -0.4 is 0 Å². The van der Waals surface area contributed by atoms with Crippen molar-refractivity contribution in [2.45, 2.75) is 50.7 Å². The highest BCUT2D eigenvalue weighted by Crippen LogP contribution is 2.40. The first-order valence-corrected chi connectivity index (χ1v) is 7.72. The van der Waals surface area contributed by atoms with Crippen LogP contribution >= 0.6 is 0 Å². The van der Waals surface area contributed by atoms with E-state index in [1.807, 2.05) is 0 Å². The first kappa shape index (κ1) is 13.6. The molecule has 1 aromatic carbocycles. The number of benzene rings is 1. The predicted octanol–water partition coefficient (Wildman–Crippen LogP) is 2.83. The van der Waals surface area contributed by atoms with E-state index in [-0.39, 0.29) is 5.91 Å². The predicted molar refractivity (Wildman–Crippen MR) is 80.4 cm³/mol. The molecule has 2 saturated heterocycles. The molecular weight excluding hydrogens is 248 g/mol. The Morgan fingerprint density at radius 2 is 1.90 bits per heavy atom. The van der Waals surface area contributed by atoms with Gasteiger partial charge in [0.05, 0.1) is 0 Å². The Hall–Kier alpha value is -1.35. The van der Waals surface area contributed by atoms with Crippen molar-refractivity contribution >= 4 is 5.91 Å². The SMILES string of the molecule is CC(=O)N1CCCC[C@H]2[C@H]1C[C@@H](c1ccccc1)N2C. The number of carbonyl (C=O) groups is 1. The summed E-state index contributed by atoms with van der Waals surface area (Å²) in [5, 5.41) is 0. The van der Waals surface area contributed by atoms with Crippen LogP contribution in [0.5, 0.6) is 0 Å². The van der Waals surface area contributed by atoms with Gasteiger partial charge in [0, 0.05) is 31.6 Å². The molecule has 3 atom stereocenters. The van der Waals surface area contributed by atoms with Crippen molar-refractivity contribution in [1.29, 1.82) is 0 Å². The van der Waals surface area contributed by atoms with E-state index in [2.05, 4.69) is 47.2 Å². The lowest BCUT2D eigenvalue weighted by Gasteiger charge is -2.31. The van der Waals surface area contributed by atoms with Crippen LogP contribution in [0, 0.1) is 0 Å². The minimum Gasteiger partial charge on any atom is -0.338 e. The Balaban J connectivity index is 1.87. The topological polar surface area (TPSA) is 23.6 Å². The van der Waals surface area contributed by atoms with E-state index in [9.17, 15) is 4.79 Å². The number of amides is 1. The molecule has 1 amide bonds. The van der Waals surface area contributed by atoms with Crippen molar-refractivity contribution in [3.63, 3.8) is 0 Å². The van der Waals surface area contributed by atoms with Crippen molar-refractivity contribution in [2.75, 3.05) is 13.6 Å². The smallest absolute Gasteiger partial charge is 0.219 e. The molecule has 0 unspecified atom stereocenters. The van der Waals surface area contributed by atoms with Gasteiger partial charge in [-0.1, -0.05) is 36.8 Å². The zero-order valence-corrected chi connectivity index (χ0v) is 12.5. The molecule has 0 spiro atoms. The summed E-state index contributed by atoms with van der Waals surface area (Å²) in [5.41, 5.74) is 1.38. The number of likely N-dealkylation sites (N-methyl/N-ethyl adjacent to an activating group) is 1. The lowest BCUT2D eigenvalue weighted by molar-refractivity contribution is -0.131. The van der Waals surface area contributed by atoms with Gasteiger partial charge in [0.25, 0.3) is 0 Å². The summed E-state index contributed by atoms with van der Waals surface area (Å²) >= 11 is 0. The van der Waals surface area contributed by atoms with Crippen LogP contribution in [0.1, 0.15) is 44.2 Å². The Morgan fingerprint density at radius 1 is 1.15 bits per heavy atom. The summed E-state index contributed by atoms with van der Waals surface area (Å²) < 4.78 is 0. The van der Waals surface area contributed by atoms with Crippen molar-refractivity contribution in [1.82, 2.24) is 9.80 Å². The van der Waals surface area contributed by atoms with E-state index in [4.69, 9.17) is 0 Å². The fourth-order valence-electron chi connectivity index (χ4n) is 4.02. The molecule has 0 saturated carbocycles. The summed E-state index contributed by atoms with van der Waals surface area (Å²) in [6, 6.07) is 12.1. The highest BCUT2D eigenvalue weighted by Gasteiger charge is 2.43. The lowest BCUT2D eigenvalue weighted by atomic mass is 10.0. The Bertz CT molecular complexity index is 473.